The summed E-state index contributed by atoms with van der Waals surface area (Å²) < 4.78 is 0. The summed E-state index contributed by atoms with van der Waals surface area (Å²) in [5.41, 5.74) is 0.762. The highest BCUT2D eigenvalue weighted by atomic mass is 16.2. The molecule has 0 spiro atoms. The third-order valence-corrected chi connectivity index (χ3v) is 4.09. The Morgan fingerprint density at radius 2 is 1.28 bits per heavy atom. The van der Waals surface area contributed by atoms with Gasteiger partial charge in [-0.1, -0.05) is 24.3 Å². The lowest BCUT2D eigenvalue weighted by Crippen LogP contribution is -2.35. The molecule has 0 aliphatic heterocycles. The van der Waals surface area contributed by atoms with Crippen LogP contribution in [-0.2, 0) is 14.4 Å². The van der Waals surface area contributed by atoms with Crippen molar-refractivity contribution >= 4 is 34.8 Å². The summed E-state index contributed by atoms with van der Waals surface area (Å²) in [6.45, 7) is 1.42. The van der Waals surface area contributed by atoms with Crippen LogP contribution in [0.4, 0.5) is 17.1 Å². The molecule has 0 atom stereocenters. The molecule has 3 rings (SSSR count). The van der Waals surface area contributed by atoms with Gasteiger partial charge in [0.2, 0.25) is 17.7 Å². The minimum absolute atomic E-state index is 0.190. The Morgan fingerprint density at radius 1 is 0.760 bits per heavy atom. The summed E-state index contributed by atoms with van der Waals surface area (Å²) in [4.78, 5) is 36.2. The van der Waals surface area contributed by atoms with Gasteiger partial charge in [0, 0.05) is 24.0 Å². The van der Waals surface area contributed by atoms with Gasteiger partial charge in [-0.15, -0.1) is 0 Å². The predicted octanol–water partition coefficient (Wildman–Crippen LogP) is 3.00. The van der Waals surface area contributed by atoms with Crippen molar-refractivity contribution in [3.8, 4) is 0 Å². The van der Waals surface area contributed by atoms with Crippen molar-refractivity contribution < 1.29 is 14.4 Å². The smallest absolute Gasteiger partial charge is 0.240 e. The largest absolute Gasteiger partial charge is 0.326 e. The summed E-state index contributed by atoms with van der Waals surface area (Å²) in [7, 11) is 0. The molecule has 0 unspecified atom stereocenters. The van der Waals surface area contributed by atoms with Gasteiger partial charge in [-0.05, 0) is 43.2 Å². The molecule has 3 amide bonds. The Kier molecular flexibility index (Phi) is 4.52. The summed E-state index contributed by atoms with van der Waals surface area (Å²) in [6, 6.07) is 15.9. The van der Waals surface area contributed by atoms with Crippen LogP contribution in [0.1, 0.15) is 19.8 Å². The maximum Gasteiger partial charge on any atom is 0.240 e. The average Bonchev–Trinajstić information content (AvgIpc) is 3.37. The first-order chi connectivity index (χ1) is 12.0. The van der Waals surface area contributed by atoms with Crippen molar-refractivity contribution in [2.24, 2.45) is 5.41 Å². The van der Waals surface area contributed by atoms with Crippen LogP contribution in [0.25, 0.3) is 0 Å². The van der Waals surface area contributed by atoms with E-state index in [4.69, 9.17) is 0 Å². The third-order valence-electron chi connectivity index (χ3n) is 4.09. The highest BCUT2D eigenvalue weighted by Crippen LogP contribution is 2.47. The molecule has 0 aromatic heterocycles. The Hall–Kier alpha value is -3.15. The second-order valence-electron chi connectivity index (χ2n) is 6.12. The first kappa shape index (κ1) is 16.7. The predicted molar refractivity (Wildman–Crippen MR) is 96.1 cm³/mol. The van der Waals surface area contributed by atoms with Gasteiger partial charge in [-0.25, -0.2) is 0 Å². The SMILES string of the molecule is CC(=O)Nc1cccc(NC(=O)C2(C(=O)Nc3ccccc3)CC2)c1. The first-order valence-electron chi connectivity index (χ1n) is 8.05. The number of rotatable bonds is 5. The number of hydrogen-bond donors (Lipinski definition) is 3. The second kappa shape index (κ2) is 6.76. The van der Waals surface area contributed by atoms with Crippen LogP contribution >= 0.6 is 0 Å². The van der Waals surface area contributed by atoms with Gasteiger partial charge >= 0.3 is 0 Å². The molecule has 25 heavy (non-hydrogen) atoms. The Balaban J connectivity index is 1.68. The van der Waals surface area contributed by atoms with E-state index in [1.807, 2.05) is 18.2 Å². The molecule has 1 aliphatic carbocycles. The van der Waals surface area contributed by atoms with E-state index in [9.17, 15) is 14.4 Å². The van der Waals surface area contributed by atoms with Crippen LogP contribution in [0.3, 0.4) is 0 Å². The van der Waals surface area contributed by atoms with Gasteiger partial charge in [0.05, 0.1) is 0 Å². The van der Waals surface area contributed by atoms with Crippen LogP contribution in [0, 0.1) is 5.41 Å². The number of carbonyl (C=O) groups is 3. The second-order valence-corrected chi connectivity index (χ2v) is 6.12. The zero-order valence-electron chi connectivity index (χ0n) is 13.8. The number of hydrogen-bond acceptors (Lipinski definition) is 3. The number of anilines is 3. The topological polar surface area (TPSA) is 87.3 Å². The fraction of sp³-hybridized carbons (Fsp3) is 0.211. The lowest BCUT2D eigenvalue weighted by atomic mass is 10.0. The standard InChI is InChI=1S/C19H19N3O3/c1-13(23)20-15-8-5-9-16(12-15)22-18(25)19(10-11-19)17(24)21-14-6-3-2-4-7-14/h2-9,12H,10-11H2,1H3,(H,20,23)(H,21,24)(H,22,25). The normalized spacial score (nSPS) is 14.3. The van der Waals surface area contributed by atoms with Crippen molar-refractivity contribution in [3.63, 3.8) is 0 Å². The van der Waals surface area contributed by atoms with Crippen molar-refractivity contribution in [3.05, 3.63) is 54.6 Å². The fourth-order valence-corrected chi connectivity index (χ4v) is 2.58. The van der Waals surface area contributed by atoms with Crippen molar-refractivity contribution in [2.45, 2.75) is 19.8 Å². The van der Waals surface area contributed by atoms with Gasteiger partial charge < -0.3 is 16.0 Å². The van der Waals surface area contributed by atoms with Crippen molar-refractivity contribution in [2.75, 3.05) is 16.0 Å². The molecule has 1 aliphatic rings. The van der Waals surface area contributed by atoms with Gasteiger partial charge in [-0.3, -0.25) is 14.4 Å². The zero-order valence-corrected chi connectivity index (χ0v) is 13.8. The van der Waals surface area contributed by atoms with Gasteiger partial charge in [-0.2, -0.15) is 0 Å². The van der Waals surface area contributed by atoms with E-state index < -0.39 is 5.41 Å². The minimum Gasteiger partial charge on any atom is -0.326 e. The first-order valence-corrected chi connectivity index (χ1v) is 8.05. The molecule has 6 heteroatoms. The van der Waals surface area contributed by atoms with E-state index in [2.05, 4.69) is 16.0 Å². The summed E-state index contributed by atoms with van der Waals surface area (Å²) in [6.07, 6.45) is 1.03. The van der Waals surface area contributed by atoms with Crippen LogP contribution in [0.5, 0.6) is 0 Å². The van der Waals surface area contributed by atoms with Crippen LogP contribution in [-0.4, -0.2) is 17.7 Å². The molecule has 1 saturated carbocycles. The fourth-order valence-electron chi connectivity index (χ4n) is 2.58. The molecular weight excluding hydrogens is 318 g/mol. The van der Waals surface area contributed by atoms with Crippen LogP contribution in [0.15, 0.2) is 54.6 Å². The molecule has 6 nitrogen and oxygen atoms in total. The number of carbonyl (C=O) groups excluding carboxylic acids is 3. The van der Waals surface area contributed by atoms with E-state index >= 15 is 0 Å². The van der Waals surface area contributed by atoms with Gasteiger partial charge in [0.1, 0.15) is 5.41 Å². The van der Waals surface area contributed by atoms with Gasteiger partial charge in [0.25, 0.3) is 0 Å². The molecule has 3 N–H and O–H groups in total. The zero-order chi connectivity index (χ0) is 17.9. The lowest BCUT2D eigenvalue weighted by Gasteiger charge is -2.16. The number of amides is 3. The summed E-state index contributed by atoms with van der Waals surface area (Å²) in [5.74, 6) is -0.820. The van der Waals surface area contributed by atoms with Crippen LogP contribution < -0.4 is 16.0 Å². The highest BCUT2D eigenvalue weighted by molar-refractivity contribution is 6.17. The number of nitrogens with one attached hydrogen (secondary N) is 3. The third kappa shape index (κ3) is 3.85. The maximum atomic E-state index is 12.6. The Labute approximate surface area is 145 Å². The summed E-state index contributed by atoms with van der Waals surface area (Å²) >= 11 is 0. The van der Waals surface area contributed by atoms with E-state index in [0.717, 1.165) is 0 Å². The molecule has 0 radical (unpaired) electrons. The Morgan fingerprint density at radius 3 is 1.84 bits per heavy atom. The average molecular weight is 337 g/mol. The van der Waals surface area contributed by atoms with Crippen molar-refractivity contribution in [1.29, 1.82) is 0 Å². The molecule has 1 fully saturated rings. The molecular formula is C19H19N3O3. The number of para-hydroxylation sites is 1. The molecule has 2 aromatic carbocycles. The summed E-state index contributed by atoms with van der Waals surface area (Å²) in [5, 5.41) is 8.22. The van der Waals surface area contributed by atoms with Gasteiger partial charge in [0.15, 0.2) is 0 Å². The Bertz CT molecular complexity index is 814. The molecule has 2 aromatic rings. The molecule has 0 heterocycles. The van der Waals surface area contributed by atoms with E-state index in [1.54, 1.807) is 36.4 Å². The molecule has 0 bridgehead atoms. The highest BCUT2D eigenvalue weighted by Gasteiger charge is 2.56. The van der Waals surface area contributed by atoms with E-state index in [1.165, 1.54) is 6.92 Å². The lowest BCUT2D eigenvalue weighted by molar-refractivity contribution is -0.131. The van der Waals surface area contributed by atoms with Crippen LogP contribution in [0.2, 0.25) is 0 Å². The van der Waals surface area contributed by atoms with E-state index in [0.29, 0.717) is 29.9 Å². The van der Waals surface area contributed by atoms with E-state index in [-0.39, 0.29) is 17.7 Å². The molecule has 0 saturated heterocycles. The maximum absolute atomic E-state index is 12.6. The minimum atomic E-state index is -1.03. The van der Waals surface area contributed by atoms with Crippen molar-refractivity contribution in [1.82, 2.24) is 0 Å². The monoisotopic (exact) mass is 337 g/mol. The molecule has 128 valence electrons. The number of benzene rings is 2. The quantitative estimate of drug-likeness (QED) is 0.733.